The van der Waals surface area contributed by atoms with Gasteiger partial charge in [0.25, 0.3) is 0 Å². The van der Waals surface area contributed by atoms with Crippen LogP contribution in [-0.4, -0.2) is 6.61 Å². The van der Waals surface area contributed by atoms with E-state index in [1.165, 1.54) is 27.8 Å². The van der Waals surface area contributed by atoms with Gasteiger partial charge in [-0.1, -0.05) is 12.1 Å². The molecule has 0 saturated heterocycles. The zero-order valence-corrected chi connectivity index (χ0v) is 11.3. The number of ether oxygens (including phenoxy) is 2. The van der Waals surface area contributed by atoms with Crippen molar-refractivity contribution < 1.29 is 9.47 Å². The summed E-state index contributed by atoms with van der Waals surface area (Å²) < 4.78 is 11.2. The van der Waals surface area contributed by atoms with Crippen LogP contribution in [-0.2, 0) is 30.9 Å². The molecule has 0 spiro atoms. The van der Waals surface area contributed by atoms with Crippen molar-refractivity contribution in [3.8, 4) is 16.9 Å². The van der Waals surface area contributed by atoms with Crippen LogP contribution in [0, 0.1) is 0 Å². The van der Waals surface area contributed by atoms with Crippen LogP contribution in [0.3, 0.4) is 0 Å². The van der Waals surface area contributed by atoms with Crippen molar-refractivity contribution in [1.82, 2.24) is 0 Å². The molecule has 2 aliphatic rings. The fourth-order valence-corrected chi connectivity index (χ4v) is 3.06. The van der Waals surface area contributed by atoms with E-state index in [4.69, 9.17) is 15.2 Å². The lowest BCUT2D eigenvalue weighted by atomic mass is 9.96. The van der Waals surface area contributed by atoms with Gasteiger partial charge in [-0.2, -0.15) is 0 Å². The van der Waals surface area contributed by atoms with E-state index in [9.17, 15) is 0 Å². The van der Waals surface area contributed by atoms with Crippen LogP contribution >= 0.6 is 0 Å². The van der Waals surface area contributed by atoms with E-state index in [0.29, 0.717) is 6.54 Å². The predicted molar refractivity (Wildman–Crippen MR) is 77.5 cm³/mol. The van der Waals surface area contributed by atoms with Crippen LogP contribution in [0.25, 0.3) is 11.1 Å². The number of nitrogens with two attached hydrogens (primary N) is 1. The molecule has 2 N–H and O–H groups in total. The molecule has 2 heterocycles. The average Bonchev–Trinajstić information content (AvgIpc) is 3.13. The Bertz CT molecular complexity index is 679. The third-order valence-electron chi connectivity index (χ3n) is 4.14. The molecule has 0 saturated carbocycles. The highest BCUT2D eigenvalue weighted by atomic mass is 16.5. The molecule has 3 nitrogen and oxygen atoms in total. The smallest absolute Gasteiger partial charge is 0.127 e. The minimum Gasteiger partial charge on any atom is -0.493 e. The maximum Gasteiger partial charge on any atom is 0.127 e. The largest absolute Gasteiger partial charge is 0.493 e. The van der Waals surface area contributed by atoms with E-state index in [-0.39, 0.29) is 0 Å². The molecule has 4 rings (SSSR count). The summed E-state index contributed by atoms with van der Waals surface area (Å²) in [5.41, 5.74) is 13.3. The topological polar surface area (TPSA) is 44.5 Å². The molecule has 102 valence electrons. The second-order valence-electron chi connectivity index (χ2n) is 5.40. The maximum atomic E-state index is 5.86. The number of hydrogen-bond acceptors (Lipinski definition) is 3. The molecular formula is C17H17NO2. The lowest BCUT2D eigenvalue weighted by Gasteiger charge is -2.11. The summed E-state index contributed by atoms with van der Waals surface area (Å²) >= 11 is 0. The van der Waals surface area contributed by atoms with E-state index in [0.717, 1.165) is 37.6 Å². The van der Waals surface area contributed by atoms with Crippen LogP contribution in [0.4, 0.5) is 0 Å². The predicted octanol–water partition coefficient (Wildman–Crippen LogP) is 2.78. The fraction of sp³-hybridized carbons (Fsp3) is 0.294. The standard InChI is InChI=1S/C17H17NO2/c18-8-15-7-14(6-12-3-4-20-17(12)15)11-1-2-13-9-19-10-16(13)5-11/h1-2,5-7H,3-4,8-10,18H2. The highest BCUT2D eigenvalue weighted by Gasteiger charge is 2.18. The van der Waals surface area contributed by atoms with E-state index in [1.807, 2.05) is 0 Å². The van der Waals surface area contributed by atoms with E-state index >= 15 is 0 Å². The fourth-order valence-electron chi connectivity index (χ4n) is 3.06. The molecular weight excluding hydrogens is 250 g/mol. The molecule has 20 heavy (non-hydrogen) atoms. The summed E-state index contributed by atoms with van der Waals surface area (Å²) in [6, 6.07) is 11.0. The lowest BCUT2D eigenvalue weighted by molar-refractivity contribution is 0.134. The first-order chi connectivity index (χ1) is 9.85. The van der Waals surface area contributed by atoms with Crippen molar-refractivity contribution in [1.29, 1.82) is 0 Å². The van der Waals surface area contributed by atoms with Crippen LogP contribution in [0.2, 0.25) is 0 Å². The zero-order chi connectivity index (χ0) is 13.5. The second-order valence-corrected chi connectivity index (χ2v) is 5.40. The van der Waals surface area contributed by atoms with Crippen molar-refractivity contribution in [2.24, 2.45) is 5.73 Å². The Morgan fingerprint density at radius 2 is 1.80 bits per heavy atom. The van der Waals surface area contributed by atoms with Gasteiger partial charge in [-0.25, -0.2) is 0 Å². The summed E-state index contributed by atoms with van der Waals surface area (Å²) in [5.74, 6) is 1.00. The monoisotopic (exact) mass is 267 g/mol. The van der Waals surface area contributed by atoms with Crippen LogP contribution < -0.4 is 10.5 Å². The van der Waals surface area contributed by atoms with Crippen molar-refractivity contribution in [3.63, 3.8) is 0 Å². The zero-order valence-electron chi connectivity index (χ0n) is 11.3. The molecule has 2 aliphatic heterocycles. The average molecular weight is 267 g/mol. The summed E-state index contributed by atoms with van der Waals surface area (Å²) in [6.07, 6.45) is 0.976. The normalized spacial score (nSPS) is 15.8. The van der Waals surface area contributed by atoms with Gasteiger partial charge in [-0.05, 0) is 46.0 Å². The molecule has 2 aromatic carbocycles. The molecule has 0 aliphatic carbocycles. The summed E-state index contributed by atoms with van der Waals surface area (Å²) in [7, 11) is 0. The van der Waals surface area contributed by atoms with Gasteiger partial charge in [0.15, 0.2) is 0 Å². The van der Waals surface area contributed by atoms with E-state index < -0.39 is 0 Å². The Morgan fingerprint density at radius 1 is 0.950 bits per heavy atom. The molecule has 0 amide bonds. The van der Waals surface area contributed by atoms with E-state index in [1.54, 1.807) is 0 Å². The highest BCUT2D eigenvalue weighted by molar-refractivity contribution is 5.69. The molecule has 0 unspecified atom stereocenters. The summed E-state index contributed by atoms with van der Waals surface area (Å²) in [5, 5.41) is 0. The maximum absolute atomic E-state index is 5.86. The third kappa shape index (κ3) is 1.82. The molecule has 0 fully saturated rings. The van der Waals surface area contributed by atoms with Crippen molar-refractivity contribution in [3.05, 3.63) is 52.6 Å². The van der Waals surface area contributed by atoms with Gasteiger partial charge in [0.1, 0.15) is 5.75 Å². The molecule has 2 aromatic rings. The van der Waals surface area contributed by atoms with Gasteiger partial charge in [-0.3, -0.25) is 0 Å². The minimum absolute atomic E-state index is 0.518. The van der Waals surface area contributed by atoms with Gasteiger partial charge < -0.3 is 15.2 Å². The van der Waals surface area contributed by atoms with Gasteiger partial charge in [-0.15, -0.1) is 0 Å². The van der Waals surface area contributed by atoms with Crippen molar-refractivity contribution >= 4 is 0 Å². The van der Waals surface area contributed by atoms with Gasteiger partial charge in [0.2, 0.25) is 0 Å². The lowest BCUT2D eigenvalue weighted by Crippen LogP contribution is -2.00. The van der Waals surface area contributed by atoms with Crippen LogP contribution in [0.15, 0.2) is 30.3 Å². The van der Waals surface area contributed by atoms with Crippen LogP contribution in [0.5, 0.6) is 5.75 Å². The molecule has 3 heteroatoms. The third-order valence-corrected chi connectivity index (χ3v) is 4.14. The van der Waals surface area contributed by atoms with E-state index in [2.05, 4.69) is 30.3 Å². The van der Waals surface area contributed by atoms with Crippen molar-refractivity contribution in [2.45, 2.75) is 26.2 Å². The number of hydrogen-bond donors (Lipinski definition) is 1. The Morgan fingerprint density at radius 3 is 2.70 bits per heavy atom. The quantitative estimate of drug-likeness (QED) is 0.910. The number of benzene rings is 2. The Hall–Kier alpha value is -1.84. The highest BCUT2D eigenvalue weighted by Crippen LogP contribution is 2.35. The summed E-state index contributed by atoms with van der Waals surface area (Å²) in [4.78, 5) is 0. The first-order valence-electron chi connectivity index (χ1n) is 7.04. The van der Waals surface area contributed by atoms with Crippen molar-refractivity contribution in [2.75, 3.05) is 6.61 Å². The number of rotatable bonds is 2. The Labute approximate surface area is 118 Å². The first-order valence-corrected chi connectivity index (χ1v) is 7.04. The minimum atomic E-state index is 0.518. The van der Waals surface area contributed by atoms with Gasteiger partial charge >= 0.3 is 0 Å². The summed E-state index contributed by atoms with van der Waals surface area (Å²) in [6.45, 7) is 2.75. The number of fused-ring (bicyclic) bond motifs is 2. The Kier molecular flexibility index (Phi) is 2.76. The van der Waals surface area contributed by atoms with Crippen LogP contribution in [0.1, 0.15) is 22.3 Å². The molecule has 0 radical (unpaired) electrons. The SMILES string of the molecule is NCc1cc(-c2ccc3c(c2)COC3)cc2c1OCC2. The van der Waals surface area contributed by atoms with Gasteiger partial charge in [0, 0.05) is 18.5 Å². The van der Waals surface area contributed by atoms with Gasteiger partial charge in [0.05, 0.1) is 19.8 Å². The second kappa shape index (κ2) is 4.62. The first kappa shape index (κ1) is 11.9. The molecule has 0 aromatic heterocycles. The Balaban J connectivity index is 1.82. The molecule has 0 bridgehead atoms. The molecule has 0 atom stereocenters.